The van der Waals surface area contributed by atoms with E-state index in [1.807, 2.05) is 23.7 Å². The average molecular weight is 463 g/mol. The monoisotopic (exact) mass is 462 g/mol. The summed E-state index contributed by atoms with van der Waals surface area (Å²) < 4.78 is 2.02. The Morgan fingerprint density at radius 2 is 1.84 bits per heavy atom. The van der Waals surface area contributed by atoms with Gasteiger partial charge in [0.15, 0.2) is 5.65 Å². The van der Waals surface area contributed by atoms with Crippen LogP contribution in [-0.2, 0) is 12.8 Å². The lowest BCUT2D eigenvalue weighted by Gasteiger charge is -2.17. The highest BCUT2D eigenvalue weighted by atomic mass is 35.5. The minimum atomic E-state index is -0.121. The Kier molecular flexibility index (Phi) is 8.56. The molecule has 1 N–H and O–H groups in total. The smallest absolute Gasteiger partial charge is 0.262 e. The van der Waals surface area contributed by atoms with E-state index in [1.54, 1.807) is 6.07 Å². The van der Waals surface area contributed by atoms with Crippen molar-refractivity contribution in [3.8, 4) is 0 Å². The molecular formula is C24H32Cl2N4O. The first-order valence-electron chi connectivity index (χ1n) is 11.4. The summed E-state index contributed by atoms with van der Waals surface area (Å²) in [7, 11) is 0. The molecule has 31 heavy (non-hydrogen) atoms. The van der Waals surface area contributed by atoms with Gasteiger partial charge in [-0.2, -0.15) is 5.10 Å². The summed E-state index contributed by atoms with van der Waals surface area (Å²) in [5.74, 6) is 0.612. The lowest BCUT2D eigenvalue weighted by Crippen LogP contribution is -2.16. The Labute approximate surface area is 194 Å². The van der Waals surface area contributed by atoms with Crippen molar-refractivity contribution in [3.63, 3.8) is 0 Å². The molecular weight excluding hydrogens is 431 g/mol. The van der Waals surface area contributed by atoms with Crippen LogP contribution in [0.5, 0.6) is 0 Å². The molecule has 2 heterocycles. The molecule has 0 saturated carbocycles. The molecule has 0 amide bonds. The summed E-state index contributed by atoms with van der Waals surface area (Å²) in [6.07, 6.45) is 9.21. The number of halogens is 2. The summed E-state index contributed by atoms with van der Waals surface area (Å²) >= 11 is 12.2. The fourth-order valence-electron chi connectivity index (χ4n) is 4.12. The SMILES string of the molecule is CCCCCCC(CCC)n1nc(CC)c2c(=O)[nH]c(Cc3ccc(Cl)c(Cl)c3)nc21. The molecule has 0 fully saturated rings. The van der Waals surface area contributed by atoms with Crippen LogP contribution in [0.25, 0.3) is 11.0 Å². The minimum Gasteiger partial charge on any atom is -0.310 e. The average Bonchev–Trinajstić information content (AvgIpc) is 3.12. The number of fused-ring (bicyclic) bond motifs is 1. The van der Waals surface area contributed by atoms with Gasteiger partial charge in [0, 0.05) is 6.42 Å². The second-order valence-electron chi connectivity index (χ2n) is 8.17. The van der Waals surface area contributed by atoms with Crippen LogP contribution >= 0.6 is 23.2 Å². The number of hydrogen-bond acceptors (Lipinski definition) is 3. The van der Waals surface area contributed by atoms with Crippen molar-refractivity contribution in [1.82, 2.24) is 19.7 Å². The molecule has 3 rings (SSSR count). The molecule has 3 aromatic rings. The molecule has 0 spiro atoms. The maximum absolute atomic E-state index is 13.0. The van der Waals surface area contributed by atoms with Crippen LogP contribution in [0.3, 0.4) is 0 Å². The predicted octanol–water partition coefficient (Wildman–Crippen LogP) is 6.89. The fraction of sp³-hybridized carbons (Fsp3) is 0.542. The highest BCUT2D eigenvalue weighted by Crippen LogP contribution is 2.27. The molecule has 0 aliphatic heterocycles. The van der Waals surface area contributed by atoms with E-state index in [9.17, 15) is 4.79 Å². The molecule has 0 aliphatic rings. The summed E-state index contributed by atoms with van der Waals surface area (Å²) in [6.45, 7) is 6.45. The lowest BCUT2D eigenvalue weighted by molar-refractivity contribution is 0.385. The van der Waals surface area contributed by atoms with Crippen molar-refractivity contribution >= 4 is 34.2 Å². The van der Waals surface area contributed by atoms with Gasteiger partial charge in [0.25, 0.3) is 5.56 Å². The van der Waals surface area contributed by atoms with Gasteiger partial charge in [0.05, 0.1) is 21.8 Å². The molecule has 0 aliphatic carbocycles. The zero-order valence-electron chi connectivity index (χ0n) is 18.7. The normalized spacial score (nSPS) is 12.5. The molecule has 5 nitrogen and oxygen atoms in total. The summed E-state index contributed by atoms with van der Waals surface area (Å²) in [6, 6.07) is 5.75. The quantitative estimate of drug-likeness (QED) is 0.315. The largest absolute Gasteiger partial charge is 0.310 e. The third kappa shape index (κ3) is 5.69. The van der Waals surface area contributed by atoms with Crippen molar-refractivity contribution in [2.75, 3.05) is 0 Å². The van der Waals surface area contributed by atoms with Gasteiger partial charge in [-0.25, -0.2) is 9.67 Å². The van der Waals surface area contributed by atoms with Gasteiger partial charge in [-0.1, -0.05) is 82.1 Å². The first-order valence-corrected chi connectivity index (χ1v) is 12.2. The molecule has 1 atom stereocenters. The van der Waals surface area contributed by atoms with Gasteiger partial charge >= 0.3 is 0 Å². The Balaban J connectivity index is 2.00. The van der Waals surface area contributed by atoms with E-state index in [4.69, 9.17) is 33.3 Å². The van der Waals surface area contributed by atoms with Crippen LogP contribution in [0, 0.1) is 0 Å². The number of H-pyrrole nitrogens is 1. The van der Waals surface area contributed by atoms with Gasteiger partial charge in [0.2, 0.25) is 0 Å². The zero-order valence-corrected chi connectivity index (χ0v) is 20.2. The van der Waals surface area contributed by atoms with E-state index in [1.165, 1.54) is 25.7 Å². The van der Waals surface area contributed by atoms with Crippen LogP contribution in [0.2, 0.25) is 10.0 Å². The topological polar surface area (TPSA) is 63.6 Å². The van der Waals surface area contributed by atoms with Crippen molar-refractivity contribution in [2.45, 2.75) is 84.6 Å². The third-order valence-corrected chi connectivity index (χ3v) is 6.47. The minimum absolute atomic E-state index is 0.121. The van der Waals surface area contributed by atoms with Crippen molar-refractivity contribution in [2.24, 2.45) is 0 Å². The van der Waals surface area contributed by atoms with Gasteiger partial charge in [-0.3, -0.25) is 4.79 Å². The predicted molar refractivity (Wildman–Crippen MR) is 129 cm³/mol. The van der Waals surface area contributed by atoms with E-state index in [2.05, 4.69) is 18.8 Å². The number of hydrogen-bond donors (Lipinski definition) is 1. The zero-order chi connectivity index (χ0) is 22.4. The van der Waals surface area contributed by atoms with Crippen molar-refractivity contribution < 1.29 is 0 Å². The molecule has 168 valence electrons. The van der Waals surface area contributed by atoms with Crippen LogP contribution < -0.4 is 5.56 Å². The maximum atomic E-state index is 13.0. The number of aryl methyl sites for hydroxylation is 1. The van der Waals surface area contributed by atoms with Crippen molar-refractivity contribution in [1.29, 1.82) is 0 Å². The van der Waals surface area contributed by atoms with E-state index in [0.29, 0.717) is 39.7 Å². The van der Waals surface area contributed by atoms with Crippen molar-refractivity contribution in [3.05, 3.63) is 55.7 Å². The van der Waals surface area contributed by atoms with Crippen LogP contribution in [0.15, 0.2) is 23.0 Å². The highest BCUT2D eigenvalue weighted by molar-refractivity contribution is 6.42. The number of benzene rings is 1. The van der Waals surface area contributed by atoms with Crippen LogP contribution in [0.1, 0.15) is 88.8 Å². The second kappa shape index (κ2) is 11.1. The van der Waals surface area contributed by atoms with E-state index < -0.39 is 0 Å². The fourth-order valence-corrected chi connectivity index (χ4v) is 4.44. The van der Waals surface area contributed by atoms with E-state index in [-0.39, 0.29) is 11.6 Å². The standard InChI is InChI=1S/C24H32Cl2N4O/c1-4-7-8-9-11-17(10-5-2)30-23-22(20(6-3)29-30)24(31)28-21(27-23)15-16-12-13-18(25)19(26)14-16/h12-14,17H,4-11,15H2,1-3H3,(H,27,28,31). The second-order valence-corrected chi connectivity index (χ2v) is 8.99. The maximum Gasteiger partial charge on any atom is 0.262 e. The first kappa shape index (κ1) is 23.8. The number of unbranched alkanes of at least 4 members (excludes halogenated alkanes) is 3. The highest BCUT2D eigenvalue weighted by Gasteiger charge is 2.21. The first-order chi connectivity index (χ1) is 15.0. The molecule has 1 unspecified atom stereocenters. The molecule has 2 aromatic heterocycles. The van der Waals surface area contributed by atoms with Gasteiger partial charge in [-0.15, -0.1) is 0 Å². The van der Waals surface area contributed by atoms with Gasteiger partial charge in [0.1, 0.15) is 11.2 Å². The Morgan fingerprint density at radius 1 is 1.03 bits per heavy atom. The number of aromatic amines is 1. The molecule has 7 heteroatoms. The summed E-state index contributed by atoms with van der Waals surface area (Å²) in [5.41, 5.74) is 2.34. The Bertz CT molecular complexity index is 1070. The lowest BCUT2D eigenvalue weighted by atomic mass is 10.0. The molecule has 0 radical (unpaired) electrons. The van der Waals surface area contributed by atoms with Crippen LogP contribution in [0.4, 0.5) is 0 Å². The Hall–Kier alpha value is -1.85. The van der Waals surface area contributed by atoms with E-state index in [0.717, 1.165) is 30.5 Å². The molecule has 0 saturated heterocycles. The Morgan fingerprint density at radius 3 is 2.52 bits per heavy atom. The van der Waals surface area contributed by atoms with Crippen LogP contribution in [-0.4, -0.2) is 19.7 Å². The number of nitrogens with zero attached hydrogens (tertiary/aromatic N) is 3. The number of rotatable bonds is 11. The summed E-state index contributed by atoms with van der Waals surface area (Å²) in [4.78, 5) is 20.8. The number of nitrogens with one attached hydrogen (secondary N) is 1. The third-order valence-electron chi connectivity index (χ3n) is 5.73. The molecule has 0 bridgehead atoms. The van der Waals surface area contributed by atoms with Gasteiger partial charge in [-0.05, 0) is 37.0 Å². The molecule has 1 aromatic carbocycles. The number of aromatic nitrogens is 4. The van der Waals surface area contributed by atoms with E-state index >= 15 is 0 Å². The summed E-state index contributed by atoms with van der Waals surface area (Å²) in [5, 5.41) is 6.49. The van der Waals surface area contributed by atoms with Gasteiger partial charge < -0.3 is 4.98 Å².